The molecule has 1 saturated heterocycles. The zero-order valence-corrected chi connectivity index (χ0v) is 15.4. The first-order valence-corrected chi connectivity index (χ1v) is 9.87. The van der Waals surface area contributed by atoms with Gasteiger partial charge in [0, 0.05) is 26.7 Å². The highest BCUT2D eigenvalue weighted by Crippen LogP contribution is 2.32. The average molecular weight is 350 g/mol. The van der Waals surface area contributed by atoms with Gasteiger partial charge in [0.2, 0.25) is 6.79 Å². The standard InChI is InChI=1S/C18H27N3O2S/c1-3-19-18(20-11-14-6-8-24-9-7-14)21(2)12-15-4-5-16-17(10-15)23-13-22-16/h4-5,10,14H,3,6-9,11-13H2,1-2H3,(H,19,20). The van der Waals surface area contributed by atoms with E-state index in [1.165, 1.54) is 29.9 Å². The predicted octanol–water partition coefficient (Wildman–Crippen LogP) is 2.96. The maximum atomic E-state index is 5.47. The molecule has 0 aromatic heterocycles. The van der Waals surface area contributed by atoms with Crippen molar-refractivity contribution in [3.05, 3.63) is 23.8 Å². The largest absolute Gasteiger partial charge is 0.454 e. The van der Waals surface area contributed by atoms with Crippen molar-refractivity contribution < 1.29 is 9.47 Å². The molecule has 1 aromatic rings. The molecule has 24 heavy (non-hydrogen) atoms. The first-order chi connectivity index (χ1) is 11.8. The lowest BCUT2D eigenvalue weighted by Gasteiger charge is -2.24. The monoisotopic (exact) mass is 349 g/mol. The van der Waals surface area contributed by atoms with Gasteiger partial charge in [-0.3, -0.25) is 4.99 Å². The van der Waals surface area contributed by atoms with Crippen LogP contribution >= 0.6 is 11.8 Å². The van der Waals surface area contributed by atoms with Crippen LogP contribution in [0.2, 0.25) is 0 Å². The molecule has 0 unspecified atom stereocenters. The molecule has 0 radical (unpaired) electrons. The van der Waals surface area contributed by atoms with Crippen molar-refractivity contribution in [2.75, 3.05) is 38.4 Å². The highest BCUT2D eigenvalue weighted by atomic mass is 32.2. The number of rotatable bonds is 5. The number of nitrogens with zero attached hydrogens (tertiary/aromatic N) is 2. The SMILES string of the molecule is CCNC(=NCC1CCSCC1)N(C)Cc1ccc2c(c1)OCO2. The zero-order valence-electron chi connectivity index (χ0n) is 14.6. The maximum absolute atomic E-state index is 5.47. The molecule has 0 spiro atoms. The van der Waals surface area contributed by atoms with Crippen LogP contribution in [0.15, 0.2) is 23.2 Å². The van der Waals surface area contributed by atoms with E-state index in [1.54, 1.807) is 0 Å². The predicted molar refractivity (Wildman–Crippen MR) is 100 cm³/mol. The number of benzene rings is 1. The summed E-state index contributed by atoms with van der Waals surface area (Å²) in [4.78, 5) is 7.05. The van der Waals surface area contributed by atoms with Crippen LogP contribution in [0.25, 0.3) is 0 Å². The molecule has 2 aliphatic heterocycles. The van der Waals surface area contributed by atoms with E-state index >= 15 is 0 Å². The Labute approximate surface area is 148 Å². The van der Waals surface area contributed by atoms with Gasteiger partial charge in [0.15, 0.2) is 17.5 Å². The van der Waals surface area contributed by atoms with Gasteiger partial charge in [-0.2, -0.15) is 11.8 Å². The van der Waals surface area contributed by atoms with Gasteiger partial charge in [0.1, 0.15) is 0 Å². The molecule has 0 saturated carbocycles. The number of hydrogen-bond donors (Lipinski definition) is 1. The lowest BCUT2D eigenvalue weighted by Crippen LogP contribution is -2.39. The van der Waals surface area contributed by atoms with Gasteiger partial charge in [0.05, 0.1) is 0 Å². The van der Waals surface area contributed by atoms with Gasteiger partial charge in [-0.05, 0) is 54.9 Å². The normalized spacial score (nSPS) is 17.8. The highest BCUT2D eigenvalue weighted by Gasteiger charge is 2.16. The van der Waals surface area contributed by atoms with E-state index in [9.17, 15) is 0 Å². The van der Waals surface area contributed by atoms with Crippen molar-refractivity contribution in [1.82, 2.24) is 10.2 Å². The lowest BCUT2D eigenvalue weighted by atomic mass is 10.0. The number of fused-ring (bicyclic) bond motifs is 1. The van der Waals surface area contributed by atoms with Crippen molar-refractivity contribution in [2.45, 2.75) is 26.3 Å². The molecule has 2 heterocycles. The Morgan fingerprint density at radius 2 is 2.08 bits per heavy atom. The van der Waals surface area contributed by atoms with Crippen molar-refractivity contribution in [2.24, 2.45) is 10.9 Å². The van der Waals surface area contributed by atoms with Crippen LogP contribution in [0, 0.1) is 5.92 Å². The Balaban J connectivity index is 1.61. The zero-order chi connectivity index (χ0) is 16.8. The van der Waals surface area contributed by atoms with Crippen LogP contribution in [-0.4, -0.2) is 49.3 Å². The summed E-state index contributed by atoms with van der Waals surface area (Å²) in [7, 11) is 2.09. The van der Waals surface area contributed by atoms with Gasteiger partial charge >= 0.3 is 0 Å². The van der Waals surface area contributed by atoms with Crippen molar-refractivity contribution in [3.8, 4) is 11.5 Å². The second-order valence-electron chi connectivity index (χ2n) is 6.29. The van der Waals surface area contributed by atoms with Crippen LogP contribution < -0.4 is 14.8 Å². The van der Waals surface area contributed by atoms with Gasteiger partial charge in [0.25, 0.3) is 0 Å². The Morgan fingerprint density at radius 3 is 2.88 bits per heavy atom. The van der Waals surface area contributed by atoms with E-state index in [0.717, 1.165) is 43.0 Å². The molecule has 3 rings (SSSR count). The van der Waals surface area contributed by atoms with Crippen LogP contribution in [0.4, 0.5) is 0 Å². The molecule has 132 valence electrons. The third kappa shape index (κ3) is 4.50. The fraction of sp³-hybridized carbons (Fsp3) is 0.611. The number of aliphatic imine (C=N–C) groups is 1. The minimum absolute atomic E-state index is 0.318. The molecule has 0 bridgehead atoms. The van der Waals surface area contributed by atoms with Crippen molar-refractivity contribution in [1.29, 1.82) is 0 Å². The number of nitrogens with one attached hydrogen (secondary N) is 1. The van der Waals surface area contributed by atoms with Crippen molar-refractivity contribution >= 4 is 17.7 Å². The fourth-order valence-electron chi connectivity index (χ4n) is 3.00. The third-order valence-corrected chi connectivity index (χ3v) is 5.44. The second-order valence-corrected chi connectivity index (χ2v) is 7.52. The van der Waals surface area contributed by atoms with Crippen LogP contribution in [0.1, 0.15) is 25.3 Å². The molecule has 0 atom stereocenters. The average Bonchev–Trinajstić information content (AvgIpc) is 3.07. The summed E-state index contributed by atoms with van der Waals surface area (Å²) < 4.78 is 10.8. The van der Waals surface area contributed by atoms with Gasteiger partial charge < -0.3 is 19.7 Å². The first-order valence-electron chi connectivity index (χ1n) is 8.72. The van der Waals surface area contributed by atoms with E-state index in [1.807, 2.05) is 6.07 Å². The topological polar surface area (TPSA) is 46.1 Å². The number of thioether (sulfide) groups is 1. The molecule has 1 aromatic carbocycles. The molecule has 1 fully saturated rings. The Hall–Kier alpha value is -1.56. The summed E-state index contributed by atoms with van der Waals surface area (Å²) >= 11 is 2.06. The molecule has 6 heteroatoms. The summed E-state index contributed by atoms with van der Waals surface area (Å²) in [5.41, 5.74) is 1.20. The Morgan fingerprint density at radius 1 is 1.29 bits per heavy atom. The summed E-state index contributed by atoms with van der Waals surface area (Å²) in [6.07, 6.45) is 2.58. The van der Waals surface area contributed by atoms with Crippen LogP contribution in [-0.2, 0) is 6.54 Å². The van der Waals surface area contributed by atoms with Gasteiger partial charge in [-0.15, -0.1) is 0 Å². The minimum Gasteiger partial charge on any atom is -0.454 e. The Kier molecular flexibility index (Phi) is 6.12. The van der Waals surface area contributed by atoms with Crippen molar-refractivity contribution in [3.63, 3.8) is 0 Å². The molecule has 0 aliphatic carbocycles. The highest BCUT2D eigenvalue weighted by molar-refractivity contribution is 7.99. The number of hydrogen-bond acceptors (Lipinski definition) is 4. The lowest BCUT2D eigenvalue weighted by molar-refractivity contribution is 0.174. The molecular formula is C18H27N3O2S. The number of ether oxygens (including phenoxy) is 2. The van der Waals surface area contributed by atoms with E-state index < -0.39 is 0 Å². The quantitative estimate of drug-likeness (QED) is 0.654. The van der Waals surface area contributed by atoms with Gasteiger partial charge in [-0.1, -0.05) is 6.07 Å². The summed E-state index contributed by atoms with van der Waals surface area (Å²) in [5, 5.41) is 3.41. The molecule has 5 nitrogen and oxygen atoms in total. The first kappa shape index (κ1) is 17.3. The fourth-order valence-corrected chi connectivity index (χ4v) is 4.21. The third-order valence-electron chi connectivity index (χ3n) is 4.39. The number of guanidine groups is 1. The van der Waals surface area contributed by atoms with E-state index in [-0.39, 0.29) is 0 Å². The van der Waals surface area contributed by atoms with E-state index in [2.05, 4.69) is 48.1 Å². The second kappa shape index (κ2) is 8.51. The Bertz CT molecular complexity index is 573. The molecule has 0 amide bonds. The van der Waals surface area contributed by atoms with E-state index in [4.69, 9.17) is 14.5 Å². The van der Waals surface area contributed by atoms with Gasteiger partial charge in [-0.25, -0.2) is 0 Å². The van der Waals surface area contributed by atoms with E-state index in [0.29, 0.717) is 6.79 Å². The summed E-state index contributed by atoms with van der Waals surface area (Å²) in [6, 6.07) is 6.13. The maximum Gasteiger partial charge on any atom is 0.231 e. The molecule has 1 N–H and O–H groups in total. The summed E-state index contributed by atoms with van der Waals surface area (Å²) in [5.74, 6) is 5.94. The summed E-state index contributed by atoms with van der Waals surface area (Å²) in [6.45, 7) is 5.03. The van der Waals surface area contributed by atoms with Crippen LogP contribution in [0.5, 0.6) is 11.5 Å². The van der Waals surface area contributed by atoms with Crippen LogP contribution in [0.3, 0.4) is 0 Å². The molecule has 2 aliphatic rings. The smallest absolute Gasteiger partial charge is 0.231 e. The minimum atomic E-state index is 0.318. The molecular weight excluding hydrogens is 322 g/mol.